The Morgan fingerprint density at radius 2 is 2.12 bits per heavy atom. The summed E-state index contributed by atoms with van der Waals surface area (Å²) >= 11 is 3.87. The molecule has 1 aromatic rings. The lowest BCUT2D eigenvalue weighted by Gasteiger charge is -2.29. The molecule has 0 fully saturated rings. The smallest absolute Gasteiger partial charge is 0.0469 e. The third-order valence-corrected chi connectivity index (χ3v) is 4.77. The molecule has 0 radical (unpaired) electrons. The number of alkyl halides is 1. The average molecular weight is 297 g/mol. The summed E-state index contributed by atoms with van der Waals surface area (Å²) in [6.07, 6.45) is 4.79. The number of halogens is 1. The number of ether oxygens (including phenoxy) is 1. The van der Waals surface area contributed by atoms with Crippen molar-refractivity contribution in [3.8, 4) is 0 Å². The molecule has 0 spiro atoms. The Balaban J connectivity index is 1.90. The van der Waals surface area contributed by atoms with Gasteiger partial charge in [0.25, 0.3) is 0 Å². The highest BCUT2D eigenvalue weighted by Gasteiger charge is 2.26. The topological polar surface area (TPSA) is 9.23 Å². The van der Waals surface area contributed by atoms with Crippen LogP contribution in [0.25, 0.3) is 0 Å². The van der Waals surface area contributed by atoms with Crippen LogP contribution in [0.5, 0.6) is 0 Å². The van der Waals surface area contributed by atoms with Crippen molar-refractivity contribution in [2.45, 2.75) is 37.4 Å². The lowest BCUT2D eigenvalue weighted by molar-refractivity contribution is 0.118. The van der Waals surface area contributed by atoms with Crippen molar-refractivity contribution < 1.29 is 4.74 Å². The van der Waals surface area contributed by atoms with Gasteiger partial charge >= 0.3 is 0 Å². The van der Waals surface area contributed by atoms with Gasteiger partial charge in [-0.2, -0.15) is 0 Å². The summed E-state index contributed by atoms with van der Waals surface area (Å²) in [5.74, 6) is 0.724. The lowest BCUT2D eigenvalue weighted by Crippen LogP contribution is -2.18. The van der Waals surface area contributed by atoms with E-state index >= 15 is 0 Å². The van der Waals surface area contributed by atoms with Gasteiger partial charge in [0.2, 0.25) is 0 Å². The molecule has 0 amide bonds. The first-order valence-corrected chi connectivity index (χ1v) is 7.54. The summed E-state index contributed by atoms with van der Waals surface area (Å²) in [6.45, 7) is 3.96. The zero-order valence-electron chi connectivity index (χ0n) is 10.5. The molecule has 2 atom stereocenters. The summed E-state index contributed by atoms with van der Waals surface area (Å²) in [6, 6.07) is 8.80. The SMILES string of the molecule is CCCOCCC1CCc2ccccc2C1Br. The number of rotatable bonds is 5. The second-order valence-corrected chi connectivity index (χ2v) is 5.79. The van der Waals surface area contributed by atoms with Crippen molar-refractivity contribution in [3.05, 3.63) is 35.4 Å². The van der Waals surface area contributed by atoms with Crippen molar-refractivity contribution in [1.82, 2.24) is 0 Å². The first-order chi connectivity index (χ1) is 8.33. The minimum absolute atomic E-state index is 0.512. The van der Waals surface area contributed by atoms with Crippen LogP contribution in [0.4, 0.5) is 0 Å². The predicted octanol–water partition coefficient (Wildman–Crippen LogP) is 4.50. The van der Waals surface area contributed by atoms with Crippen LogP contribution in [0.2, 0.25) is 0 Å². The van der Waals surface area contributed by atoms with Gasteiger partial charge in [-0.1, -0.05) is 47.1 Å². The van der Waals surface area contributed by atoms with E-state index in [9.17, 15) is 0 Å². The summed E-state index contributed by atoms with van der Waals surface area (Å²) < 4.78 is 5.60. The molecule has 1 aliphatic rings. The molecule has 1 nitrogen and oxygen atoms in total. The Bertz CT molecular complexity index is 351. The van der Waals surface area contributed by atoms with E-state index in [1.165, 1.54) is 30.4 Å². The second kappa shape index (κ2) is 6.55. The first kappa shape index (κ1) is 13.1. The fraction of sp³-hybridized carbons (Fsp3) is 0.600. The van der Waals surface area contributed by atoms with Crippen molar-refractivity contribution in [1.29, 1.82) is 0 Å². The minimum Gasteiger partial charge on any atom is -0.381 e. The van der Waals surface area contributed by atoms with E-state index < -0.39 is 0 Å². The fourth-order valence-corrected chi connectivity index (χ4v) is 3.52. The quantitative estimate of drug-likeness (QED) is 0.574. The van der Waals surface area contributed by atoms with Gasteiger partial charge in [-0.3, -0.25) is 0 Å². The molecule has 2 rings (SSSR count). The fourth-order valence-electron chi connectivity index (χ4n) is 2.54. The van der Waals surface area contributed by atoms with Crippen molar-refractivity contribution >= 4 is 15.9 Å². The van der Waals surface area contributed by atoms with E-state index in [0.29, 0.717) is 4.83 Å². The van der Waals surface area contributed by atoms with E-state index in [0.717, 1.165) is 25.6 Å². The van der Waals surface area contributed by atoms with Gasteiger partial charge in [0.1, 0.15) is 0 Å². The van der Waals surface area contributed by atoms with Gasteiger partial charge in [-0.15, -0.1) is 0 Å². The Hall–Kier alpha value is -0.340. The Labute approximate surface area is 113 Å². The van der Waals surface area contributed by atoms with E-state index in [1.807, 2.05) is 0 Å². The van der Waals surface area contributed by atoms with Crippen LogP contribution in [0.1, 0.15) is 42.1 Å². The van der Waals surface area contributed by atoms with E-state index in [-0.39, 0.29) is 0 Å². The maximum atomic E-state index is 5.60. The van der Waals surface area contributed by atoms with E-state index in [4.69, 9.17) is 4.74 Å². The first-order valence-electron chi connectivity index (χ1n) is 6.62. The van der Waals surface area contributed by atoms with Crippen LogP contribution in [-0.2, 0) is 11.2 Å². The summed E-state index contributed by atoms with van der Waals surface area (Å²) in [5.41, 5.74) is 3.00. The zero-order valence-corrected chi connectivity index (χ0v) is 12.1. The molecule has 0 N–H and O–H groups in total. The van der Waals surface area contributed by atoms with Crippen molar-refractivity contribution in [2.24, 2.45) is 5.92 Å². The maximum absolute atomic E-state index is 5.60. The Kier molecular flexibility index (Phi) is 5.05. The highest BCUT2D eigenvalue weighted by Crippen LogP contribution is 2.41. The molecular formula is C15H21BrO. The zero-order chi connectivity index (χ0) is 12.1. The Morgan fingerprint density at radius 3 is 2.94 bits per heavy atom. The van der Waals surface area contributed by atoms with Crippen LogP contribution in [0.15, 0.2) is 24.3 Å². The molecule has 0 aromatic heterocycles. The van der Waals surface area contributed by atoms with Gasteiger partial charge in [-0.25, -0.2) is 0 Å². The van der Waals surface area contributed by atoms with Crippen LogP contribution >= 0.6 is 15.9 Å². The van der Waals surface area contributed by atoms with Crippen LogP contribution in [0.3, 0.4) is 0 Å². The maximum Gasteiger partial charge on any atom is 0.0469 e. The molecule has 2 unspecified atom stereocenters. The number of fused-ring (bicyclic) bond motifs is 1. The van der Waals surface area contributed by atoms with Crippen LogP contribution in [-0.4, -0.2) is 13.2 Å². The molecule has 17 heavy (non-hydrogen) atoms. The summed E-state index contributed by atoms with van der Waals surface area (Å²) in [5, 5.41) is 0. The van der Waals surface area contributed by atoms with Gasteiger partial charge in [0.15, 0.2) is 0 Å². The van der Waals surface area contributed by atoms with Crippen molar-refractivity contribution in [2.75, 3.05) is 13.2 Å². The molecule has 0 saturated heterocycles. The van der Waals surface area contributed by atoms with Gasteiger partial charge in [-0.05, 0) is 42.7 Å². The average Bonchev–Trinajstić information content (AvgIpc) is 2.37. The summed E-state index contributed by atoms with van der Waals surface area (Å²) in [4.78, 5) is 0.512. The van der Waals surface area contributed by atoms with E-state index in [1.54, 1.807) is 0 Å². The number of hydrogen-bond donors (Lipinski definition) is 0. The van der Waals surface area contributed by atoms with Crippen molar-refractivity contribution in [3.63, 3.8) is 0 Å². The minimum atomic E-state index is 0.512. The largest absolute Gasteiger partial charge is 0.381 e. The van der Waals surface area contributed by atoms with Gasteiger partial charge < -0.3 is 4.74 Å². The third kappa shape index (κ3) is 3.32. The Morgan fingerprint density at radius 1 is 1.29 bits per heavy atom. The molecular weight excluding hydrogens is 276 g/mol. The molecule has 1 aromatic carbocycles. The molecule has 1 aliphatic carbocycles. The number of hydrogen-bond acceptors (Lipinski definition) is 1. The van der Waals surface area contributed by atoms with Crippen LogP contribution < -0.4 is 0 Å². The normalized spacial score (nSPS) is 23.4. The highest BCUT2D eigenvalue weighted by atomic mass is 79.9. The molecule has 0 heterocycles. The molecule has 0 saturated carbocycles. The monoisotopic (exact) mass is 296 g/mol. The standard InChI is InChI=1S/C15H21BrO/c1-2-10-17-11-9-13-8-7-12-5-3-4-6-14(12)15(13)16/h3-6,13,15H,2,7-11H2,1H3. The predicted molar refractivity (Wildman–Crippen MR) is 75.6 cm³/mol. The van der Waals surface area contributed by atoms with Gasteiger partial charge in [0, 0.05) is 18.0 Å². The molecule has 0 aliphatic heterocycles. The highest BCUT2D eigenvalue weighted by molar-refractivity contribution is 9.09. The lowest BCUT2D eigenvalue weighted by atomic mass is 9.82. The van der Waals surface area contributed by atoms with Crippen LogP contribution in [0, 0.1) is 5.92 Å². The van der Waals surface area contributed by atoms with E-state index in [2.05, 4.69) is 47.1 Å². The third-order valence-electron chi connectivity index (χ3n) is 3.53. The molecule has 94 valence electrons. The molecule has 2 heteroatoms. The summed E-state index contributed by atoms with van der Waals surface area (Å²) in [7, 11) is 0. The molecule has 0 bridgehead atoms. The second-order valence-electron chi connectivity index (χ2n) is 4.80. The van der Waals surface area contributed by atoms with Gasteiger partial charge in [0.05, 0.1) is 0 Å². The number of aryl methyl sites for hydroxylation is 1. The number of benzene rings is 1.